The first-order valence-corrected chi connectivity index (χ1v) is 5.88. The van der Waals surface area contributed by atoms with E-state index in [0.29, 0.717) is 11.3 Å². The number of aryl methyl sites for hydroxylation is 2. The normalized spacial score (nSPS) is 10.2. The van der Waals surface area contributed by atoms with Gasteiger partial charge in [0, 0.05) is 18.3 Å². The number of rotatable bonds is 4. The molecule has 0 aliphatic carbocycles. The summed E-state index contributed by atoms with van der Waals surface area (Å²) < 4.78 is 5.42. The predicted octanol–water partition coefficient (Wildman–Crippen LogP) is 2.49. The Morgan fingerprint density at radius 1 is 1.38 bits per heavy atom. The first-order chi connectivity index (χ1) is 9.88. The van der Waals surface area contributed by atoms with Crippen LogP contribution >= 0.6 is 0 Å². The van der Waals surface area contributed by atoms with Crippen LogP contribution in [0, 0.1) is 24.0 Å². The number of aromatic carboxylic acids is 1. The van der Waals surface area contributed by atoms with Crippen LogP contribution in [0.25, 0.3) is 0 Å². The molecule has 1 N–H and O–H groups in total. The first kappa shape index (κ1) is 14.4. The number of nitro groups is 1. The summed E-state index contributed by atoms with van der Waals surface area (Å²) in [6, 6.07) is 4.10. The van der Waals surface area contributed by atoms with Crippen molar-refractivity contribution in [2.45, 2.75) is 13.8 Å². The number of carboxylic acids is 1. The van der Waals surface area contributed by atoms with Crippen LogP contribution in [0.5, 0.6) is 11.8 Å². The molecule has 0 spiro atoms. The van der Waals surface area contributed by atoms with Crippen LogP contribution in [0.3, 0.4) is 0 Å². The van der Waals surface area contributed by atoms with Gasteiger partial charge in [-0.05, 0) is 25.5 Å². The molecule has 0 atom stereocenters. The van der Waals surface area contributed by atoms with E-state index in [1.165, 1.54) is 25.1 Å². The average Bonchev–Trinajstić information content (AvgIpc) is 2.40. The van der Waals surface area contributed by atoms with E-state index in [4.69, 9.17) is 9.84 Å². The highest BCUT2D eigenvalue weighted by Crippen LogP contribution is 2.26. The Balaban J connectivity index is 2.28. The fraction of sp³-hybridized carbons (Fsp3) is 0.154. The predicted molar refractivity (Wildman–Crippen MR) is 71.6 cm³/mol. The summed E-state index contributed by atoms with van der Waals surface area (Å²) in [4.78, 5) is 28.8. The second-order valence-electron chi connectivity index (χ2n) is 4.27. The molecule has 0 bridgehead atoms. The van der Waals surface area contributed by atoms with Crippen LogP contribution in [-0.2, 0) is 0 Å². The van der Waals surface area contributed by atoms with E-state index in [2.05, 4.69) is 9.97 Å². The van der Waals surface area contributed by atoms with Gasteiger partial charge in [0.05, 0.1) is 16.2 Å². The van der Waals surface area contributed by atoms with Gasteiger partial charge in [-0.15, -0.1) is 0 Å². The van der Waals surface area contributed by atoms with E-state index in [0.717, 1.165) is 6.20 Å². The number of benzene rings is 1. The second-order valence-corrected chi connectivity index (χ2v) is 4.27. The minimum atomic E-state index is -1.12. The third-order valence-electron chi connectivity index (χ3n) is 2.76. The summed E-state index contributed by atoms with van der Waals surface area (Å²) in [6.07, 6.45) is 1.15. The van der Waals surface area contributed by atoms with Gasteiger partial charge >= 0.3 is 12.0 Å². The summed E-state index contributed by atoms with van der Waals surface area (Å²) in [5, 5.41) is 19.5. The van der Waals surface area contributed by atoms with Crippen molar-refractivity contribution in [3.8, 4) is 11.8 Å². The molecule has 1 aromatic heterocycles. The maximum absolute atomic E-state index is 10.9. The highest BCUT2D eigenvalue weighted by Gasteiger charge is 2.13. The van der Waals surface area contributed by atoms with E-state index in [-0.39, 0.29) is 23.0 Å². The summed E-state index contributed by atoms with van der Waals surface area (Å²) >= 11 is 0. The zero-order chi connectivity index (χ0) is 15.6. The average molecular weight is 289 g/mol. The molecule has 0 unspecified atom stereocenters. The fourth-order valence-electron chi connectivity index (χ4n) is 1.66. The van der Waals surface area contributed by atoms with E-state index in [9.17, 15) is 14.9 Å². The third kappa shape index (κ3) is 3.11. The van der Waals surface area contributed by atoms with Gasteiger partial charge in [0.25, 0.3) is 5.69 Å². The van der Waals surface area contributed by atoms with Crippen molar-refractivity contribution < 1.29 is 19.6 Å². The van der Waals surface area contributed by atoms with Crippen molar-refractivity contribution in [1.82, 2.24) is 9.97 Å². The second kappa shape index (κ2) is 5.53. The van der Waals surface area contributed by atoms with Gasteiger partial charge in [-0.3, -0.25) is 10.1 Å². The maximum Gasteiger partial charge on any atom is 0.339 e. The Bertz CT molecular complexity index is 730. The summed E-state index contributed by atoms with van der Waals surface area (Å²) in [5.41, 5.74) is 0.765. The molecule has 1 heterocycles. The van der Waals surface area contributed by atoms with Gasteiger partial charge < -0.3 is 9.84 Å². The molecular formula is C13H11N3O5. The van der Waals surface area contributed by atoms with Gasteiger partial charge in [-0.25, -0.2) is 9.78 Å². The fourth-order valence-corrected chi connectivity index (χ4v) is 1.66. The van der Waals surface area contributed by atoms with E-state index < -0.39 is 10.9 Å². The molecule has 0 amide bonds. The minimum Gasteiger partial charge on any atom is -0.478 e. The van der Waals surface area contributed by atoms with Crippen molar-refractivity contribution in [2.75, 3.05) is 0 Å². The number of hydrogen-bond acceptors (Lipinski definition) is 6. The molecule has 8 nitrogen and oxygen atoms in total. The SMILES string of the molecule is Cc1cc([N+](=O)[O-])ccc1Oc1ncc(C(=O)O)c(C)n1. The molecule has 1 aromatic carbocycles. The Morgan fingerprint density at radius 2 is 2.10 bits per heavy atom. The van der Waals surface area contributed by atoms with Crippen LogP contribution in [0.15, 0.2) is 24.4 Å². The Morgan fingerprint density at radius 3 is 2.62 bits per heavy atom. The monoisotopic (exact) mass is 289 g/mol. The van der Waals surface area contributed by atoms with Crippen LogP contribution in [0.4, 0.5) is 5.69 Å². The largest absolute Gasteiger partial charge is 0.478 e. The van der Waals surface area contributed by atoms with Gasteiger partial charge in [0.15, 0.2) is 0 Å². The van der Waals surface area contributed by atoms with E-state index in [1.807, 2.05) is 0 Å². The lowest BCUT2D eigenvalue weighted by Gasteiger charge is -2.08. The van der Waals surface area contributed by atoms with E-state index >= 15 is 0 Å². The lowest BCUT2D eigenvalue weighted by Crippen LogP contribution is -2.04. The Kier molecular flexibility index (Phi) is 3.79. The topological polar surface area (TPSA) is 115 Å². The molecular weight excluding hydrogens is 278 g/mol. The zero-order valence-corrected chi connectivity index (χ0v) is 11.2. The third-order valence-corrected chi connectivity index (χ3v) is 2.76. The van der Waals surface area contributed by atoms with Crippen LogP contribution in [-0.4, -0.2) is 26.0 Å². The highest BCUT2D eigenvalue weighted by molar-refractivity contribution is 5.88. The van der Waals surface area contributed by atoms with Crippen molar-refractivity contribution in [1.29, 1.82) is 0 Å². The standard InChI is InChI=1S/C13H11N3O5/c1-7-5-9(16(19)20)3-4-11(7)21-13-14-6-10(12(17)18)8(2)15-13/h3-6H,1-2H3,(H,17,18). The molecule has 2 aromatic rings. The Labute approximate surface area is 119 Å². The molecule has 8 heteroatoms. The number of non-ortho nitro benzene ring substituents is 1. The molecule has 0 fully saturated rings. The van der Waals surface area contributed by atoms with Crippen LogP contribution < -0.4 is 4.74 Å². The number of carbonyl (C=O) groups is 1. The van der Waals surface area contributed by atoms with Crippen LogP contribution in [0.1, 0.15) is 21.6 Å². The number of carboxylic acid groups (broad SMARTS) is 1. The Hall–Kier alpha value is -3.03. The lowest BCUT2D eigenvalue weighted by atomic mass is 10.2. The van der Waals surface area contributed by atoms with Gasteiger partial charge in [-0.2, -0.15) is 4.98 Å². The number of aromatic nitrogens is 2. The number of nitro benzene ring substituents is 1. The smallest absolute Gasteiger partial charge is 0.339 e. The van der Waals surface area contributed by atoms with Crippen molar-refractivity contribution >= 4 is 11.7 Å². The summed E-state index contributed by atoms with van der Waals surface area (Å²) in [6.45, 7) is 3.18. The molecule has 0 saturated heterocycles. The minimum absolute atomic E-state index is 0.0113. The van der Waals surface area contributed by atoms with Gasteiger partial charge in [0.2, 0.25) is 0 Å². The lowest BCUT2D eigenvalue weighted by molar-refractivity contribution is -0.384. The quantitative estimate of drug-likeness (QED) is 0.678. The zero-order valence-electron chi connectivity index (χ0n) is 11.2. The number of nitrogens with zero attached hydrogens (tertiary/aromatic N) is 3. The van der Waals surface area contributed by atoms with Crippen molar-refractivity contribution in [3.63, 3.8) is 0 Å². The summed E-state index contributed by atoms with van der Waals surface area (Å²) in [7, 11) is 0. The number of hydrogen-bond donors (Lipinski definition) is 1. The molecule has 2 rings (SSSR count). The molecule has 0 aliphatic heterocycles. The number of ether oxygens (including phenoxy) is 1. The molecule has 0 aliphatic rings. The first-order valence-electron chi connectivity index (χ1n) is 5.88. The molecule has 0 saturated carbocycles. The van der Waals surface area contributed by atoms with Crippen molar-refractivity contribution in [2.24, 2.45) is 0 Å². The maximum atomic E-state index is 10.9. The van der Waals surface area contributed by atoms with Crippen LogP contribution in [0.2, 0.25) is 0 Å². The molecule has 0 radical (unpaired) electrons. The molecule has 21 heavy (non-hydrogen) atoms. The molecule has 108 valence electrons. The van der Waals surface area contributed by atoms with Gasteiger partial charge in [-0.1, -0.05) is 0 Å². The summed E-state index contributed by atoms with van der Waals surface area (Å²) in [5.74, 6) is -0.756. The van der Waals surface area contributed by atoms with E-state index in [1.54, 1.807) is 6.92 Å². The highest BCUT2D eigenvalue weighted by atomic mass is 16.6. The van der Waals surface area contributed by atoms with Crippen molar-refractivity contribution in [3.05, 3.63) is 51.3 Å². The van der Waals surface area contributed by atoms with Gasteiger partial charge in [0.1, 0.15) is 5.75 Å².